The fourth-order valence-corrected chi connectivity index (χ4v) is 6.95. The zero-order valence-corrected chi connectivity index (χ0v) is 51.9. The molecule has 24 nitrogen and oxygen atoms in total. The number of likely N-dealkylation sites (tertiary alicyclic amines) is 3. The van der Waals surface area contributed by atoms with E-state index in [2.05, 4.69) is 108 Å². The highest BCUT2D eigenvalue weighted by Crippen LogP contribution is 2.14. The van der Waals surface area contributed by atoms with Gasteiger partial charge in [0.1, 0.15) is 20.2 Å². The van der Waals surface area contributed by atoms with E-state index in [1.165, 1.54) is 84.1 Å². The van der Waals surface area contributed by atoms with E-state index in [1.54, 1.807) is 0 Å². The summed E-state index contributed by atoms with van der Waals surface area (Å²) in [5.41, 5.74) is 42.2. The SMILES string of the molecule is CC1CCCN1CCN.CCN(C)CCN.CCN(CC)CCCN.CCN(CC)CCN.CN(C)CCCN.CNCCCNC.NCCN1CCCC1.NCCN1CCCCC1.NCN(O)CO.NN(CO)CO. The van der Waals surface area contributed by atoms with Gasteiger partial charge in [0.15, 0.2) is 0 Å². The van der Waals surface area contributed by atoms with Gasteiger partial charge in [-0.25, -0.2) is 0 Å². The Morgan fingerprint density at radius 3 is 1.14 bits per heavy atom. The van der Waals surface area contributed by atoms with Crippen molar-refractivity contribution in [3.05, 3.63) is 0 Å². The van der Waals surface area contributed by atoms with Crippen LogP contribution in [0.2, 0.25) is 0 Å². The van der Waals surface area contributed by atoms with Crippen LogP contribution in [0.3, 0.4) is 0 Å². The number of nitrogens with zero attached hydrogens (tertiary/aromatic N) is 9. The molecule has 3 saturated heterocycles. The molecular weight excluding hydrogens is 969 g/mol. The number of aliphatic hydroxyl groups excluding tert-OH is 3. The largest absolute Gasteiger partial charge is 0.380 e. The van der Waals surface area contributed by atoms with Crippen LogP contribution in [-0.4, -0.2) is 303 Å². The van der Waals surface area contributed by atoms with Crippen molar-refractivity contribution in [1.82, 2.24) is 55.0 Å². The van der Waals surface area contributed by atoms with Crippen LogP contribution in [0, 0.1) is 0 Å². The molecule has 0 radical (unpaired) electrons. The van der Waals surface area contributed by atoms with Gasteiger partial charge < -0.3 is 106 Å². The minimum absolute atomic E-state index is 0.0312. The van der Waals surface area contributed by atoms with Crippen LogP contribution in [0.25, 0.3) is 0 Å². The normalized spacial score (nSPS) is 15.2. The first-order valence-electron chi connectivity index (χ1n) is 29.1. The molecule has 470 valence electrons. The molecule has 3 heterocycles. The second kappa shape index (κ2) is 78.3. The Bertz CT molecular complexity index is 922. The van der Waals surface area contributed by atoms with E-state index in [1.807, 2.05) is 14.1 Å². The molecule has 3 rings (SSSR count). The van der Waals surface area contributed by atoms with Gasteiger partial charge in [-0.05, 0) is 205 Å². The molecule has 76 heavy (non-hydrogen) atoms. The van der Waals surface area contributed by atoms with Crippen LogP contribution < -0.4 is 62.3 Å². The molecule has 0 saturated carbocycles. The molecule has 3 aliphatic rings. The number of aliphatic hydroxyl groups is 3. The number of hydrogen-bond donors (Lipinski definition) is 15. The van der Waals surface area contributed by atoms with Gasteiger partial charge in [-0.15, -0.1) is 0 Å². The molecular formula is C52H138N20O4. The van der Waals surface area contributed by atoms with E-state index in [4.69, 9.17) is 72.2 Å². The van der Waals surface area contributed by atoms with Gasteiger partial charge >= 0.3 is 0 Å². The molecule has 0 aliphatic carbocycles. The van der Waals surface area contributed by atoms with Crippen LogP contribution in [0.15, 0.2) is 0 Å². The van der Waals surface area contributed by atoms with Gasteiger partial charge in [0, 0.05) is 71.5 Å². The van der Waals surface area contributed by atoms with E-state index < -0.39 is 6.73 Å². The summed E-state index contributed by atoms with van der Waals surface area (Å²) in [6.45, 7) is 39.4. The highest BCUT2D eigenvalue weighted by molar-refractivity contribution is 4.74. The molecule has 3 fully saturated rings. The van der Waals surface area contributed by atoms with E-state index >= 15 is 0 Å². The third-order valence-electron chi connectivity index (χ3n) is 12.0. The maximum atomic E-state index is 8.12. The van der Waals surface area contributed by atoms with Gasteiger partial charge in [-0.3, -0.25) is 10.7 Å². The Balaban J connectivity index is -0.000000140. The Kier molecular flexibility index (Phi) is 91.5. The minimum atomic E-state index is -0.406. The highest BCUT2D eigenvalue weighted by Gasteiger charge is 2.18. The molecule has 0 bridgehead atoms. The number of nitrogens with two attached hydrogens (primary N) is 9. The van der Waals surface area contributed by atoms with Crippen molar-refractivity contribution in [2.45, 2.75) is 112 Å². The fraction of sp³-hybridized carbons (Fsp3) is 1.00. The van der Waals surface area contributed by atoms with Crippen LogP contribution in [-0.2, 0) is 0 Å². The summed E-state index contributed by atoms with van der Waals surface area (Å²) in [4.78, 5) is 16.3. The lowest BCUT2D eigenvalue weighted by Crippen LogP contribution is -2.33. The van der Waals surface area contributed by atoms with Crippen molar-refractivity contribution in [3.8, 4) is 0 Å². The third-order valence-corrected chi connectivity index (χ3v) is 12.0. The van der Waals surface area contributed by atoms with Gasteiger partial charge in [0.05, 0.1) is 6.67 Å². The second-order valence-corrected chi connectivity index (χ2v) is 18.7. The lowest BCUT2D eigenvalue weighted by atomic mass is 10.1. The molecule has 1 unspecified atom stereocenters. The number of piperidine rings is 1. The maximum Gasteiger partial charge on any atom is 0.120 e. The summed E-state index contributed by atoms with van der Waals surface area (Å²) >= 11 is 0. The van der Waals surface area contributed by atoms with Crippen LogP contribution in [0.4, 0.5) is 0 Å². The third kappa shape index (κ3) is 79.5. The summed E-state index contributed by atoms with van der Waals surface area (Å²) in [7, 11) is 10.1. The van der Waals surface area contributed by atoms with Crippen LogP contribution in [0.5, 0.6) is 0 Å². The zero-order valence-electron chi connectivity index (χ0n) is 51.9. The van der Waals surface area contributed by atoms with Crippen molar-refractivity contribution in [3.63, 3.8) is 0 Å². The number of likely N-dealkylation sites (N-methyl/N-ethyl adjacent to an activating group) is 2. The standard InChI is InChI=1S/2C7H16N2.C7H18N2.C6H14N2.C6H16N2.3C5H14N2.2C2H8N2O2/c1-7-3-2-5-9(7)6-4-8;8-4-7-9-5-2-1-3-6-9;1-3-9(4-2)7-5-6-8;7-3-6-8-4-1-2-5-8;1-3-8(4-2)6-5-7;1-7(2)5-3-4-6;1-6-4-3-5-7-2;1-3-7(2)5-4-6;3-4(1-5)2-6;3-1-4(6)2-5/h7H,2-6,8H2,1H3;1-8H2;3-8H2,1-2H3;1-7H2;3-7H2,1-2H3;3-6H2,1-2H3;6-7H,3-5H2,1-2H3;3-6H2,1-2H3;2*5-6H,1-3H2. The first-order chi connectivity index (χ1) is 36.5. The molecule has 0 amide bonds. The predicted molar refractivity (Wildman–Crippen MR) is 329 cm³/mol. The van der Waals surface area contributed by atoms with E-state index in [0.29, 0.717) is 5.06 Å². The molecule has 1 atom stereocenters. The molecule has 3 aliphatic heterocycles. The van der Waals surface area contributed by atoms with Gasteiger partial charge in [-0.1, -0.05) is 41.0 Å². The van der Waals surface area contributed by atoms with E-state index in [0.717, 1.165) is 161 Å². The van der Waals surface area contributed by atoms with Crippen LogP contribution in [0.1, 0.15) is 106 Å². The van der Waals surface area contributed by atoms with E-state index in [9.17, 15) is 0 Å². The lowest BCUT2D eigenvalue weighted by molar-refractivity contribution is -0.140. The number of rotatable bonds is 29. The van der Waals surface area contributed by atoms with Gasteiger partial charge in [-0.2, -0.15) is 10.1 Å². The lowest BCUT2D eigenvalue weighted by Gasteiger charge is -2.25. The molecule has 24 heteroatoms. The average Bonchev–Trinajstić information content (AvgIpc) is 4.13. The minimum Gasteiger partial charge on any atom is -0.380 e. The van der Waals surface area contributed by atoms with Crippen LogP contribution >= 0.6 is 0 Å². The molecule has 0 aromatic carbocycles. The maximum absolute atomic E-state index is 8.12. The first-order valence-corrected chi connectivity index (χ1v) is 29.1. The van der Waals surface area contributed by atoms with Crippen molar-refractivity contribution in [2.24, 2.45) is 51.7 Å². The second-order valence-electron chi connectivity index (χ2n) is 18.7. The highest BCUT2D eigenvalue weighted by atomic mass is 16.5. The average molecular weight is 1110 g/mol. The number of hydrogen-bond acceptors (Lipinski definition) is 24. The number of hydrazine groups is 1. The topological polar surface area (TPSA) is 368 Å². The van der Waals surface area contributed by atoms with Crippen molar-refractivity contribution >= 4 is 0 Å². The Morgan fingerprint density at radius 1 is 0.487 bits per heavy atom. The van der Waals surface area contributed by atoms with Gasteiger partial charge in [0.2, 0.25) is 0 Å². The molecule has 24 N–H and O–H groups in total. The summed E-state index contributed by atoms with van der Waals surface area (Å²) < 4.78 is 0. The molecule has 0 aromatic heterocycles. The Morgan fingerprint density at radius 2 is 0.908 bits per heavy atom. The fourth-order valence-electron chi connectivity index (χ4n) is 6.95. The summed E-state index contributed by atoms with van der Waals surface area (Å²) in [5.74, 6) is 4.81. The summed E-state index contributed by atoms with van der Waals surface area (Å²) in [6, 6.07) is 0.786. The molecule has 0 spiro atoms. The predicted octanol–water partition coefficient (Wildman–Crippen LogP) is -1.92. The summed E-state index contributed by atoms with van der Waals surface area (Å²) in [6.07, 6.45) is 13.1. The smallest absolute Gasteiger partial charge is 0.120 e. The Labute approximate surface area is 469 Å². The van der Waals surface area contributed by atoms with Crippen molar-refractivity contribution in [2.75, 3.05) is 232 Å². The van der Waals surface area contributed by atoms with E-state index in [-0.39, 0.29) is 20.1 Å². The number of hydroxylamine groups is 2. The van der Waals surface area contributed by atoms with Crippen molar-refractivity contribution in [1.29, 1.82) is 0 Å². The van der Waals surface area contributed by atoms with Gasteiger partial charge in [0.25, 0.3) is 0 Å². The van der Waals surface area contributed by atoms with Crippen molar-refractivity contribution < 1.29 is 20.5 Å². The first kappa shape index (κ1) is 88.9. The quantitative estimate of drug-likeness (QED) is 0.0168. The zero-order chi connectivity index (χ0) is 59.5. The Hall–Kier alpha value is -0.960. The summed E-state index contributed by atoms with van der Waals surface area (Å²) in [5, 5.41) is 39.6. The number of nitrogens with one attached hydrogen (secondary N) is 2. The monoisotopic (exact) mass is 1110 g/mol. The molecule has 0 aromatic rings.